The third-order valence-corrected chi connectivity index (χ3v) is 3.73. The van der Waals surface area contributed by atoms with E-state index in [1.165, 1.54) is 24.3 Å². The Balaban J connectivity index is 2.78. The topological polar surface area (TPSA) is 69.4 Å². The van der Waals surface area contributed by atoms with Gasteiger partial charge >= 0.3 is 0 Å². The van der Waals surface area contributed by atoms with Crippen LogP contribution in [0.1, 0.15) is 30.6 Å². The maximum absolute atomic E-state index is 12.2. The number of rotatable bonds is 6. The highest BCUT2D eigenvalue weighted by Crippen LogP contribution is 2.23. The van der Waals surface area contributed by atoms with Gasteiger partial charge in [0.05, 0.1) is 10.5 Å². The highest BCUT2D eigenvalue weighted by atomic mass is 28.4. The number of non-ortho nitro benzene ring substituents is 1. The first kappa shape index (κ1) is 16.5. The Morgan fingerprint density at radius 1 is 1.25 bits per heavy atom. The molecule has 1 rings (SSSR count). The molecule has 0 saturated carbocycles. The SMILES string of the molecule is CC(C)(CC(=O)c1ccc([N+](=O)[O-])cc1)O[Si](C)(C)C. The molecule has 1 aromatic carbocycles. The molecule has 20 heavy (non-hydrogen) atoms. The van der Waals surface area contributed by atoms with Crippen LogP contribution in [0.5, 0.6) is 0 Å². The van der Waals surface area contributed by atoms with Gasteiger partial charge in [0.1, 0.15) is 0 Å². The molecule has 6 heteroatoms. The van der Waals surface area contributed by atoms with E-state index in [0.717, 1.165) is 0 Å². The van der Waals surface area contributed by atoms with Crippen molar-refractivity contribution in [2.45, 2.75) is 45.5 Å². The Labute approximate surface area is 120 Å². The lowest BCUT2D eigenvalue weighted by Gasteiger charge is -2.32. The number of benzene rings is 1. The van der Waals surface area contributed by atoms with Gasteiger partial charge in [0.15, 0.2) is 14.1 Å². The van der Waals surface area contributed by atoms with Gasteiger partial charge in [-0.3, -0.25) is 14.9 Å². The smallest absolute Gasteiger partial charge is 0.269 e. The average Bonchev–Trinajstić information content (AvgIpc) is 2.24. The Morgan fingerprint density at radius 2 is 1.75 bits per heavy atom. The van der Waals surface area contributed by atoms with Crippen LogP contribution in [0.2, 0.25) is 19.6 Å². The zero-order valence-electron chi connectivity index (χ0n) is 12.6. The minimum absolute atomic E-state index is 0.0147. The van der Waals surface area contributed by atoms with Crippen LogP contribution in [-0.4, -0.2) is 24.6 Å². The third-order valence-electron chi connectivity index (χ3n) is 2.57. The summed E-state index contributed by atoms with van der Waals surface area (Å²) in [7, 11) is -1.73. The van der Waals surface area contributed by atoms with E-state index in [1.54, 1.807) is 0 Å². The summed E-state index contributed by atoms with van der Waals surface area (Å²) in [5, 5.41) is 10.6. The zero-order valence-corrected chi connectivity index (χ0v) is 13.6. The first-order valence-corrected chi connectivity index (χ1v) is 9.89. The fourth-order valence-corrected chi connectivity index (χ4v) is 3.85. The molecule has 0 aliphatic carbocycles. The van der Waals surface area contributed by atoms with Crippen molar-refractivity contribution in [3.63, 3.8) is 0 Å². The molecule has 0 heterocycles. The fraction of sp³-hybridized carbons (Fsp3) is 0.500. The average molecular weight is 295 g/mol. The van der Waals surface area contributed by atoms with Crippen molar-refractivity contribution in [2.24, 2.45) is 0 Å². The molecule has 0 fully saturated rings. The van der Waals surface area contributed by atoms with E-state index in [4.69, 9.17) is 4.43 Å². The van der Waals surface area contributed by atoms with E-state index < -0.39 is 18.8 Å². The third kappa shape index (κ3) is 5.22. The molecule has 0 saturated heterocycles. The van der Waals surface area contributed by atoms with Crippen LogP contribution in [0.15, 0.2) is 24.3 Å². The summed E-state index contributed by atoms with van der Waals surface area (Å²) in [5.41, 5.74) is -0.0643. The molecule has 0 atom stereocenters. The molecule has 0 unspecified atom stereocenters. The van der Waals surface area contributed by atoms with E-state index in [2.05, 4.69) is 19.6 Å². The molecule has 0 aromatic heterocycles. The number of carbonyl (C=O) groups excluding carboxylic acids is 1. The summed E-state index contributed by atoms with van der Waals surface area (Å²) >= 11 is 0. The Kier molecular flexibility index (Phi) is 4.83. The second-order valence-electron chi connectivity index (χ2n) is 6.38. The Hall–Kier alpha value is -1.53. The van der Waals surface area contributed by atoms with Crippen LogP contribution in [0.3, 0.4) is 0 Å². The number of carbonyl (C=O) groups is 1. The van der Waals surface area contributed by atoms with E-state index >= 15 is 0 Å². The van der Waals surface area contributed by atoms with Gasteiger partial charge in [-0.15, -0.1) is 0 Å². The van der Waals surface area contributed by atoms with E-state index in [0.29, 0.717) is 5.56 Å². The molecule has 1 aromatic rings. The van der Waals surface area contributed by atoms with Crippen LogP contribution >= 0.6 is 0 Å². The number of ketones is 1. The maximum atomic E-state index is 12.2. The summed E-state index contributed by atoms with van der Waals surface area (Å²) in [6, 6.07) is 5.68. The molecular formula is C14H21NO4Si. The molecule has 5 nitrogen and oxygen atoms in total. The molecule has 110 valence electrons. The molecule has 0 bridgehead atoms. The molecule has 0 radical (unpaired) electrons. The van der Waals surface area contributed by atoms with Crippen LogP contribution in [-0.2, 0) is 4.43 Å². The predicted octanol–water partition coefficient (Wildman–Crippen LogP) is 3.80. The van der Waals surface area contributed by atoms with E-state index in [1.807, 2.05) is 13.8 Å². The number of Topliss-reactive ketones (excluding diaryl/α,β-unsaturated/α-hetero) is 1. The van der Waals surface area contributed by atoms with Crippen molar-refractivity contribution >= 4 is 19.8 Å². The van der Waals surface area contributed by atoms with E-state index in [9.17, 15) is 14.9 Å². The van der Waals surface area contributed by atoms with Gasteiger partial charge in [-0.2, -0.15) is 0 Å². The van der Waals surface area contributed by atoms with Crippen molar-refractivity contribution in [1.82, 2.24) is 0 Å². The summed E-state index contributed by atoms with van der Waals surface area (Å²) in [4.78, 5) is 22.3. The Morgan fingerprint density at radius 3 is 2.15 bits per heavy atom. The van der Waals surface area contributed by atoms with Crippen molar-refractivity contribution < 1.29 is 14.1 Å². The molecule has 0 amide bonds. The zero-order chi connectivity index (χ0) is 15.6. The highest BCUT2D eigenvalue weighted by molar-refractivity contribution is 6.69. The van der Waals surface area contributed by atoms with Gasteiger partial charge in [0.25, 0.3) is 5.69 Å². The lowest BCUT2D eigenvalue weighted by molar-refractivity contribution is -0.384. The van der Waals surface area contributed by atoms with Crippen molar-refractivity contribution in [3.8, 4) is 0 Å². The van der Waals surface area contributed by atoms with Crippen molar-refractivity contribution in [3.05, 3.63) is 39.9 Å². The maximum Gasteiger partial charge on any atom is 0.269 e. The van der Waals surface area contributed by atoms with Crippen molar-refractivity contribution in [1.29, 1.82) is 0 Å². The lowest BCUT2D eigenvalue weighted by Crippen LogP contribution is -2.39. The van der Waals surface area contributed by atoms with E-state index in [-0.39, 0.29) is 17.9 Å². The number of nitro benzene ring substituents is 1. The molecule has 0 aliphatic heterocycles. The molecule has 0 N–H and O–H groups in total. The summed E-state index contributed by atoms with van der Waals surface area (Å²) in [6.45, 7) is 10.0. The summed E-state index contributed by atoms with van der Waals surface area (Å²) in [6.07, 6.45) is 0.259. The Bertz CT molecular complexity index is 503. The quantitative estimate of drug-likeness (QED) is 0.346. The van der Waals surface area contributed by atoms with Gasteiger partial charge < -0.3 is 4.43 Å². The molecular weight excluding hydrogens is 274 g/mol. The summed E-state index contributed by atoms with van der Waals surface area (Å²) < 4.78 is 5.99. The van der Waals surface area contributed by atoms with Crippen LogP contribution < -0.4 is 0 Å². The number of hydrogen-bond donors (Lipinski definition) is 0. The minimum Gasteiger partial charge on any atom is -0.412 e. The van der Waals surface area contributed by atoms with Crippen molar-refractivity contribution in [2.75, 3.05) is 0 Å². The van der Waals surface area contributed by atoms with Crippen LogP contribution in [0.25, 0.3) is 0 Å². The number of nitro groups is 1. The number of hydrogen-bond acceptors (Lipinski definition) is 4. The van der Waals surface area contributed by atoms with Crippen LogP contribution in [0.4, 0.5) is 5.69 Å². The van der Waals surface area contributed by atoms with Crippen LogP contribution in [0, 0.1) is 10.1 Å². The largest absolute Gasteiger partial charge is 0.412 e. The molecule has 0 spiro atoms. The van der Waals surface area contributed by atoms with Gasteiger partial charge in [0, 0.05) is 24.1 Å². The molecule has 0 aliphatic rings. The predicted molar refractivity (Wildman–Crippen MR) is 80.6 cm³/mol. The highest BCUT2D eigenvalue weighted by Gasteiger charge is 2.29. The lowest BCUT2D eigenvalue weighted by atomic mass is 9.97. The van der Waals surface area contributed by atoms with Gasteiger partial charge in [-0.25, -0.2) is 0 Å². The second-order valence-corrected chi connectivity index (χ2v) is 10.8. The first-order valence-electron chi connectivity index (χ1n) is 6.48. The van der Waals surface area contributed by atoms with Gasteiger partial charge in [0.2, 0.25) is 0 Å². The monoisotopic (exact) mass is 295 g/mol. The minimum atomic E-state index is -1.73. The summed E-state index contributed by atoms with van der Waals surface area (Å²) in [5.74, 6) is -0.0665. The van der Waals surface area contributed by atoms with Gasteiger partial charge in [-0.05, 0) is 45.6 Å². The fourth-order valence-electron chi connectivity index (χ4n) is 2.12. The normalized spacial score (nSPS) is 12.2. The first-order chi connectivity index (χ1) is 9.00. The number of nitrogens with zero attached hydrogens (tertiary/aromatic N) is 1. The van der Waals surface area contributed by atoms with Gasteiger partial charge in [-0.1, -0.05) is 0 Å². The second kappa shape index (κ2) is 5.84. The standard InChI is InChI=1S/C14H21NO4Si/c1-14(2,19-20(3,4)5)10-13(16)11-6-8-12(9-7-11)15(17)18/h6-9H,10H2,1-5H3.